The van der Waals surface area contributed by atoms with Crippen molar-refractivity contribution in [3.05, 3.63) is 47.0 Å². The van der Waals surface area contributed by atoms with Crippen molar-refractivity contribution < 1.29 is 14.3 Å². The Kier molecular flexibility index (Phi) is 8.95. The van der Waals surface area contributed by atoms with Gasteiger partial charge in [0.1, 0.15) is 0 Å². The average molecular weight is 467 g/mol. The third-order valence-electron chi connectivity index (χ3n) is 8.20. The van der Waals surface area contributed by atoms with Gasteiger partial charge in [-0.2, -0.15) is 0 Å². The van der Waals surface area contributed by atoms with Crippen LogP contribution in [0.3, 0.4) is 0 Å². The van der Waals surface area contributed by atoms with E-state index in [1.54, 1.807) is 19.1 Å². The van der Waals surface area contributed by atoms with Crippen molar-refractivity contribution in [1.82, 2.24) is 0 Å². The molecule has 34 heavy (non-hydrogen) atoms. The summed E-state index contributed by atoms with van der Waals surface area (Å²) < 4.78 is 5.91. The van der Waals surface area contributed by atoms with Gasteiger partial charge >= 0.3 is 0 Å². The van der Waals surface area contributed by atoms with E-state index in [9.17, 15) is 9.59 Å². The first kappa shape index (κ1) is 26.9. The van der Waals surface area contributed by atoms with Crippen molar-refractivity contribution >= 4 is 11.6 Å². The Morgan fingerprint density at radius 2 is 1.38 bits per heavy atom. The van der Waals surface area contributed by atoms with E-state index in [1.807, 2.05) is 12.1 Å². The summed E-state index contributed by atoms with van der Waals surface area (Å²) in [5.74, 6) is 2.34. The van der Waals surface area contributed by atoms with Gasteiger partial charge in [0, 0.05) is 17.5 Å². The number of benzene rings is 1. The van der Waals surface area contributed by atoms with Crippen LogP contribution in [-0.2, 0) is 4.74 Å². The number of fused-ring (bicyclic) bond motifs is 2. The molecule has 1 aliphatic carbocycles. The molecule has 1 aromatic rings. The normalized spacial score (nSPS) is 25.8. The summed E-state index contributed by atoms with van der Waals surface area (Å²) in [6.45, 7) is 13.3. The summed E-state index contributed by atoms with van der Waals surface area (Å²) in [6.07, 6.45) is 14.2. The maximum absolute atomic E-state index is 13.2. The Morgan fingerprint density at radius 3 is 1.97 bits per heavy atom. The molecule has 4 atom stereocenters. The first-order valence-electron chi connectivity index (χ1n) is 13.6. The Bertz CT molecular complexity index is 898. The average Bonchev–Trinajstić information content (AvgIpc) is 3.43. The van der Waals surface area contributed by atoms with Crippen molar-refractivity contribution in [3.63, 3.8) is 0 Å². The summed E-state index contributed by atoms with van der Waals surface area (Å²) in [6, 6.07) is 7.12. The summed E-state index contributed by atoms with van der Waals surface area (Å²) in [5.41, 5.74) is 0.297. The summed E-state index contributed by atoms with van der Waals surface area (Å²) in [4.78, 5) is 26.1. The van der Waals surface area contributed by atoms with Crippen LogP contribution in [0.25, 0.3) is 0 Å². The van der Waals surface area contributed by atoms with Crippen molar-refractivity contribution in [3.8, 4) is 0 Å². The van der Waals surface area contributed by atoms with Crippen LogP contribution < -0.4 is 0 Å². The molecule has 0 N–H and O–H groups in total. The first-order chi connectivity index (χ1) is 16.1. The van der Waals surface area contributed by atoms with Gasteiger partial charge in [0.2, 0.25) is 0 Å². The zero-order valence-electron chi connectivity index (χ0n) is 22.4. The number of carbonyl (C=O) groups is 2. The van der Waals surface area contributed by atoms with Gasteiger partial charge in [-0.05, 0) is 44.4 Å². The van der Waals surface area contributed by atoms with Gasteiger partial charge in [0.05, 0.1) is 0 Å². The number of rotatable bonds is 14. The fourth-order valence-corrected chi connectivity index (χ4v) is 5.63. The quantitative estimate of drug-likeness (QED) is 0.204. The van der Waals surface area contributed by atoms with Crippen LogP contribution in [0.5, 0.6) is 0 Å². The van der Waals surface area contributed by atoms with Crippen LogP contribution in [0.4, 0.5) is 0 Å². The van der Waals surface area contributed by atoms with Crippen molar-refractivity contribution in [1.29, 1.82) is 0 Å². The largest absolute Gasteiger partial charge is 0.345 e. The van der Waals surface area contributed by atoms with Gasteiger partial charge in [-0.3, -0.25) is 9.59 Å². The minimum atomic E-state index is -1.00. The number of hydrogen-bond donors (Lipinski definition) is 0. The lowest BCUT2D eigenvalue weighted by Crippen LogP contribution is -2.43. The predicted octanol–water partition coefficient (Wildman–Crippen LogP) is 8.37. The molecule has 188 valence electrons. The van der Waals surface area contributed by atoms with E-state index in [-0.39, 0.29) is 11.6 Å². The predicted molar refractivity (Wildman–Crippen MR) is 140 cm³/mol. The highest BCUT2D eigenvalue weighted by molar-refractivity contribution is 6.25. The lowest BCUT2D eigenvalue weighted by atomic mass is 9.73. The van der Waals surface area contributed by atoms with E-state index in [2.05, 4.69) is 40.7 Å². The van der Waals surface area contributed by atoms with Gasteiger partial charge in [-0.1, -0.05) is 109 Å². The maximum atomic E-state index is 13.2. The zero-order chi connectivity index (χ0) is 24.9. The Balaban J connectivity index is 1.39. The second-order valence-electron chi connectivity index (χ2n) is 11.8. The minimum absolute atomic E-state index is 0.0405. The molecule has 0 bridgehead atoms. The Morgan fingerprint density at radius 1 is 0.853 bits per heavy atom. The van der Waals surface area contributed by atoms with Gasteiger partial charge < -0.3 is 4.74 Å². The molecule has 1 heterocycles. The number of epoxide rings is 1. The minimum Gasteiger partial charge on any atom is -0.345 e. The molecule has 0 spiro atoms. The molecule has 1 aromatic carbocycles. The molecule has 1 fully saturated rings. The van der Waals surface area contributed by atoms with Crippen molar-refractivity contribution in [2.45, 2.75) is 117 Å². The Hall–Kier alpha value is -1.74. The van der Waals surface area contributed by atoms with Crippen molar-refractivity contribution in [2.75, 3.05) is 0 Å². The van der Waals surface area contributed by atoms with Gasteiger partial charge in [-0.25, -0.2) is 0 Å². The highest BCUT2D eigenvalue weighted by Crippen LogP contribution is 2.57. The molecule has 0 radical (unpaired) electrons. The SMILES string of the molecule is C/C(=C\C[C@]12O[C@]1(C)C(=O)c1ccccc1C2=O)CCC[C@H](C)CCC[C@H](C)CCCC(C)C. The highest BCUT2D eigenvalue weighted by atomic mass is 16.6. The van der Waals surface area contributed by atoms with Gasteiger partial charge in [-0.15, -0.1) is 0 Å². The van der Waals surface area contributed by atoms with Crippen LogP contribution >= 0.6 is 0 Å². The monoisotopic (exact) mass is 466 g/mol. The number of hydrogen-bond acceptors (Lipinski definition) is 3. The smallest absolute Gasteiger partial charge is 0.199 e. The van der Waals surface area contributed by atoms with Crippen molar-refractivity contribution in [2.24, 2.45) is 17.8 Å². The number of ether oxygens (including phenoxy) is 1. The molecule has 1 saturated heterocycles. The van der Waals surface area contributed by atoms with E-state index < -0.39 is 11.2 Å². The fraction of sp³-hybridized carbons (Fsp3) is 0.677. The molecule has 0 saturated carbocycles. The molecular weight excluding hydrogens is 420 g/mol. The fourth-order valence-electron chi connectivity index (χ4n) is 5.63. The third kappa shape index (κ3) is 5.90. The summed E-state index contributed by atoms with van der Waals surface area (Å²) in [7, 11) is 0. The topological polar surface area (TPSA) is 46.7 Å². The molecule has 0 aromatic heterocycles. The van der Waals surface area contributed by atoms with E-state index in [4.69, 9.17) is 4.74 Å². The first-order valence-corrected chi connectivity index (χ1v) is 13.6. The molecule has 3 nitrogen and oxygen atoms in total. The van der Waals surface area contributed by atoms with Gasteiger partial charge in [0.15, 0.2) is 22.8 Å². The molecule has 2 aliphatic rings. The van der Waals surface area contributed by atoms with Gasteiger partial charge in [0.25, 0.3) is 0 Å². The highest BCUT2D eigenvalue weighted by Gasteiger charge is 2.77. The maximum Gasteiger partial charge on any atom is 0.199 e. The molecule has 0 unspecified atom stereocenters. The number of carbonyl (C=O) groups excluding carboxylic acids is 2. The number of ketones is 2. The van der Waals surface area contributed by atoms with Crippen LogP contribution in [-0.4, -0.2) is 22.8 Å². The second kappa shape index (κ2) is 11.3. The number of allylic oxidation sites excluding steroid dienone is 1. The molecule has 0 amide bonds. The molecule has 1 aliphatic heterocycles. The molecule has 3 rings (SSSR count). The summed E-state index contributed by atoms with van der Waals surface area (Å²) >= 11 is 0. The van der Waals surface area contributed by atoms with E-state index >= 15 is 0 Å². The van der Waals surface area contributed by atoms with E-state index in [1.165, 1.54) is 56.9 Å². The standard InChI is InChI=1S/C31H46O3/c1-22(2)12-9-13-23(3)14-10-15-24(4)16-11-17-25(5)20-21-31-29(33)27-19-8-7-18-26(27)28(32)30(31,6)34-31/h7-8,18-20,22-24H,9-17,21H2,1-6H3/b25-20+/t23-,24-,30-,31-/m1/s1. The molecular formula is C31H46O3. The van der Waals surface area contributed by atoms with E-state index in [0.717, 1.165) is 24.2 Å². The lowest BCUT2D eigenvalue weighted by Gasteiger charge is -2.22. The van der Waals surface area contributed by atoms with E-state index in [0.29, 0.717) is 17.5 Å². The lowest BCUT2D eigenvalue weighted by molar-refractivity contribution is 0.0847. The number of Topliss-reactive ketones (excluding diaryl/α,β-unsaturated/α-hetero) is 2. The molecule has 3 heteroatoms. The van der Waals surface area contributed by atoms with Crippen LogP contribution in [0.2, 0.25) is 0 Å². The van der Waals surface area contributed by atoms with Crippen LogP contribution in [0.1, 0.15) is 126 Å². The second-order valence-corrected chi connectivity index (χ2v) is 11.8. The van der Waals surface area contributed by atoms with Crippen LogP contribution in [0, 0.1) is 17.8 Å². The van der Waals surface area contributed by atoms with Crippen LogP contribution in [0.15, 0.2) is 35.9 Å². The third-order valence-corrected chi connectivity index (χ3v) is 8.20. The Labute approximate surface area is 207 Å². The summed E-state index contributed by atoms with van der Waals surface area (Å²) in [5, 5.41) is 0. The zero-order valence-corrected chi connectivity index (χ0v) is 22.4.